The lowest BCUT2D eigenvalue weighted by Crippen LogP contribution is -2.37. The summed E-state index contributed by atoms with van der Waals surface area (Å²) in [5.41, 5.74) is 0. The van der Waals surface area contributed by atoms with E-state index in [-0.39, 0.29) is 36.5 Å². The van der Waals surface area contributed by atoms with Gasteiger partial charge in [-0.3, -0.25) is 14.4 Å². The quantitative estimate of drug-likeness (QED) is 0.0334. The Labute approximate surface area is 420 Å². The summed E-state index contributed by atoms with van der Waals surface area (Å²) in [6.07, 6.45) is 39.0. The minimum Gasteiger partial charge on any atom is -0.466 e. The maximum absolute atomic E-state index is 13.8. The maximum Gasteiger partial charge on any atom is 0.410 e. The molecule has 0 saturated carbocycles. The Morgan fingerprint density at radius 2 is 0.750 bits per heavy atom. The maximum atomic E-state index is 13.8. The highest BCUT2D eigenvalue weighted by Gasteiger charge is 2.22. The van der Waals surface area contributed by atoms with Crippen LogP contribution in [0.15, 0.2) is 0 Å². The first-order valence-corrected chi connectivity index (χ1v) is 29.2. The van der Waals surface area contributed by atoms with Gasteiger partial charge in [-0.05, 0) is 110 Å². The molecule has 0 spiro atoms. The molecule has 0 bridgehead atoms. The SMILES string of the molecule is CCCCCCOC(=O)CCN(CCCN(C)C)C(=O)OC(CCCCCCCCC(=O)OCC(CCCC)CCCCCC)CCCCCCCCC(=O)OCC(CCCC)CCCCCC. The third-order valence-electron chi connectivity index (χ3n) is 13.5. The van der Waals surface area contributed by atoms with Crippen molar-refractivity contribution in [3.63, 3.8) is 0 Å². The molecule has 0 aromatic carbocycles. The summed E-state index contributed by atoms with van der Waals surface area (Å²) in [4.78, 5) is 55.3. The summed E-state index contributed by atoms with van der Waals surface area (Å²) in [7, 11) is 4.05. The van der Waals surface area contributed by atoms with E-state index in [9.17, 15) is 19.2 Å². The Hall–Kier alpha value is -2.36. The molecule has 10 nitrogen and oxygen atoms in total. The lowest BCUT2D eigenvalue weighted by molar-refractivity contribution is -0.146. The van der Waals surface area contributed by atoms with Crippen LogP contribution in [0.4, 0.5) is 4.79 Å². The fourth-order valence-corrected chi connectivity index (χ4v) is 8.95. The Morgan fingerprint density at radius 3 is 1.21 bits per heavy atom. The lowest BCUT2D eigenvalue weighted by Gasteiger charge is -2.26. The number of amides is 1. The topological polar surface area (TPSA) is 112 Å². The molecule has 10 heteroatoms. The molecule has 0 aliphatic rings. The summed E-state index contributed by atoms with van der Waals surface area (Å²) < 4.78 is 23.3. The lowest BCUT2D eigenvalue weighted by atomic mass is 9.96. The average molecular weight is 966 g/mol. The molecule has 0 N–H and O–H groups in total. The minimum absolute atomic E-state index is 0.0469. The van der Waals surface area contributed by atoms with E-state index >= 15 is 0 Å². The molecule has 68 heavy (non-hydrogen) atoms. The molecule has 0 saturated heterocycles. The van der Waals surface area contributed by atoms with Crippen LogP contribution in [0, 0.1) is 11.8 Å². The van der Waals surface area contributed by atoms with Gasteiger partial charge in [-0.2, -0.15) is 0 Å². The van der Waals surface area contributed by atoms with Crippen molar-refractivity contribution in [3.8, 4) is 0 Å². The number of ether oxygens (including phenoxy) is 4. The summed E-state index contributed by atoms with van der Waals surface area (Å²) in [5.74, 6) is 0.639. The number of hydrogen-bond acceptors (Lipinski definition) is 9. The van der Waals surface area contributed by atoms with Gasteiger partial charge in [0.1, 0.15) is 6.10 Å². The number of rotatable bonds is 51. The molecular weight excluding hydrogens is 853 g/mol. The first-order chi connectivity index (χ1) is 33.1. The standard InChI is InChI=1S/C58H112N2O8/c1-8-13-18-29-39-52(37-16-11-4)50-66-55(61)43-33-27-23-21-25-31-41-54(68-58(64)60(47-36-46-59(6)7)48-45-57(63)65-49-35-20-15-10-3)42-32-26-22-24-28-34-44-56(62)67-51-53(38-17-12-5)40-30-19-14-9-2/h52-54H,8-51H2,1-7H3. The largest absolute Gasteiger partial charge is 0.466 e. The molecule has 402 valence electrons. The Morgan fingerprint density at radius 1 is 0.368 bits per heavy atom. The molecule has 0 heterocycles. The van der Waals surface area contributed by atoms with Crippen LogP contribution in [0.5, 0.6) is 0 Å². The Bertz CT molecular complexity index is 1100. The van der Waals surface area contributed by atoms with Crippen molar-refractivity contribution in [2.75, 3.05) is 53.6 Å². The molecule has 2 atom stereocenters. The van der Waals surface area contributed by atoms with E-state index in [0.29, 0.717) is 57.6 Å². The highest BCUT2D eigenvalue weighted by Crippen LogP contribution is 2.22. The molecule has 0 fully saturated rings. The van der Waals surface area contributed by atoms with Crippen molar-refractivity contribution in [3.05, 3.63) is 0 Å². The summed E-state index contributed by atoms with van der Waals surface area (Å²) in [6, 6.07) is 0. The van der Waals surface area contributed by atoms with Crippen molar-refractivity contribution in [1.82, 2.24) is 9.80 Å². The van der Waals surface area contributed by atoms with Gasteiger partial charge in [-0.15, -0.1) is 0 Å². The van der Waals surface area contributed by atoms with Crippen LogP contribution in [0.25, 0.3) is 0 Å². The van der Waals surface area contributed by atoms with Gasteiger partial charge in [0.05, 0.1) is 26.2 Å². The second-order valence-corrected chi connectivity index (χ2v) is 20.6. The highest BCUT2D eigenvalue weighted by molar-refractivity contribution is 5.72. The molecule has 0 radical (unpaired) electrons. The third-order valence-corrected chi connectivity index (χ3v) is 13.5. The van der Waals surface area contributed by atoms with E-state index in [1.165, 1.54) is 77.0 Å². The van der Waals surface area contributed by atoms with Gasteiger partial charge in [0.25, 0.3) is 0 Å². The predicted octanol–water partition coefficient (Wildman–Crippen LogP) is 16.1. The fraction of sp³-hybridized carbons (Fsp3) is 0.931. The van der Waals surface area contributed by atoms with Gasteiger partial charge in [0.2, 0.25) is 0 Å². The summed E-state index contributed by atoms with van der Waals surface area (Å²) in [5, 5.41) is 0. The molecule has 0 aromatic heterocycles. The number of hydrogen-bond donors (Lipinski definition) is 0. The van der Waals surface area contributed by atoms with Crippen LogP contribution in [-0.2, 0) is 33.3 Å². The van der Waals surface area contributed by atoms with Gasteiger partial charge in [0, 0.05) is 25.9 Å². The van der Waals surface area contributed by atoms with Crippen molar-refractivity contribution in [2.45, 2.75) is 285 Å². The number of unbranched alkanes of at least 4 members (excludes halogenated alkanes) is 21. The minimum atomic E-state index is -0.329. The summed E-state index contributed by atoms with van der Waals surface area (Å²) in [6.45, 7) is 14.4. The number of esters is 3. The molecular formula is C58H112N2O8. The Balaban J connectivity index is 5.05. The van der Waals surface area contributed by atoms with E-state index in [4.69, 9.17) is 18.9 Å². The van der Waals surface area contributed by atoms with E-state index < -0.39 is 0 Å². The van der Waals surface area contributed by atoms with Gasteiger partial charge < -0.3 is 28.7 Å². The van der Waals surface area contributed by atoms with Gasteiger partial charge in [-0.1, -0.05) is 182 Å². The van der Waals surface area contributed by atoms with E-state index in [1.807, 2.05) is 14.1 Å². The molecule has 0 aromatic rings. The van der Waals surface area contributed by atoms with E-state index in [1.54, 1.807) is 4.90 Å². The van der Waals surface area contributed by atoms with E-state index in [0.717, 1.165) is 154 Å². The zero-order valence-corrected chi connectivity index (χ0v) is 46.0. The zero-order valence-electron chi connectivity index (χ0n) is 46.0. The second-order valence-electron chi connectivity index (χ2n) is 20.6. The fourth-order valence-electron chi connectivity index (χ4n) is 8.95. The zero-order chi connectivity index (χ0) is 50.1. The number of carbonyl (C=O) groups is 4. The van der Waals surface area contributed by atoms with Crippen molar-refractivity contribution in [2.24, 2.45) is 11.8 Å². The van der Waals surface area contributed by atoms with Crippen LogP contribution in [0.2, 0.25) is 0 Å². The van der Waals surface area contributed by atoms with Crippen LogP contribution >= 0.6 is 0 Å². The normalized spacial score (nSPS) is 12.8. The van der Waals surface area contributed by atoms with Gasteiger partial charge >= 0.3 is 24.0 Å². The predicted molar refractivity (Wildman–Crippen MR) is 284 cm³/mol. The van der Waals surface area contributed by atoms with Gasteiger partial charge in [0.15, 0.2) is 0 Å². The second kappa shape index (κ2) is 49.6. The summed E-state index contributed by atoms with van der Waals surface area (Å²) >= 11 is 0. The molecule has 2 unspecified atom stereocenters. The van der Waals surface area contributed by atoms with E-state index in [2.05, 4.69) is 39.5 Å². The molecule has 0 aliphatic carbocycles. The Kier molecular flexibility index (Phi) is 47.9. The van der Waals surface area contributed by atoms with Crippen LogP contribution in [-0.4, -0.2) is 93.5 Å². The van der Waals surface area contributed by atoms with Gasteiger partial charge in [-0.25, -0.2) is 4.79 Å². The number of nitrogens with zero attached hydrogens (tertiary/aromatic N) is 2. The molecule has 0 rings (SSSR count). The van der Waals surface area contributed by atoms with Crippen LogP contribution in [0.1, 0.15) is 279 Å². The highest BCUT2D eigenvalue weighted by atomic mass is 16.6. The van der Waals surface area contributed by atoms with Crippen molar-refractivity contribution >= 4 is 24.0 Å². The third kappa shape index (κ3) is 43.6. The van der Waals surface area contributed by atoms with Crippen LogP contribution < -0.4 is 0 Å². The number of carbonyl (C=O) groups excluding carboxylic acids is 4. The first kappa shape index (κ1) is 65.6. The smallest absolute Gasteiger partial charge is 0.410 e. The monoisotopic (exact) mass is 965 g/mol. The van der Waals surface area contributed by atoms with Crippen molar-refractivity contribution < 1.29 is 38.1 Å². The first-order valence-electron chi connectivity index (χ1n) is 29.2. The van der Waals surface area contributed by atoms with Crippen molar-refractivity contribution in [1.29, 1.82) is 0 Å². The molecule has 1 amide bonds. The average Bonchev–Trinajstić information content (AvgIpc) is 3.32. The molecule has 0 aliphatic heterocycles. The van der Waals surface area contributed by atoms with Crippen LogP contribution in [0.3, 0.4) is 0 Å².